The molecule has 0 saturated carbocycles. The van der Waals surface area contributed by atoms with Crippen molar-refractivity contribution in [2.45, 2.75) is 45.1 Å². The predicted octanol–water partition coefficient (Wildman–Crippen LogP) is 3.14. The molecule has 0 aromatic carbocycles. The summed E-state index contributed by atoms with van der Waals surface area (Å²) in [4.78, 5) is 19.8. The van der Waals surface area contributed by atoms with Crippen LogP contribution in [-0.2, 0) is 19.3 Å². The Morgan fingerprint density at radius 1 is 1.24 bits per heavy atom. The highest BCUT2D eigenvalue weighted by Crippen LogP contribution is 2.42. The minimum absolute atomic E-state index is 0.604. The highest BCUT2D eigenvalue weighted by atomic mass is 15.2. The molecule has 3 aromatic rings. The van der Waals surface area contributed by atoms with Crippen LogP contribution in [0.25, 0.3) is 10.9 Å². The molecule has 5 heteroatoms. The maximum Gasteiger partial charge on any atom is 0.0679 e. The lowest BCUT2D eigenvalue weighted by atomic mass is 9.95. The molecule has 1 unspecified atom stereocenters. The van der Waals surface area contributed by atoms with Gasteiger partial charge in [-0.1, -0.05) is 0 Å². The molecule has 5 rings (SSSR count). The highest BCUT2D eigenvalue weighted by Gasteiger charge is 2.34. The van der Waals surface area contributed by atoms with Gasteiger partial charge in [-0.15, -0.1) is 0 Å². The van der Waals surface area contributed by atoms with Crippen LogP contribution in [0.4, 0.5) is 0 Å². The first kappa shape index (κ1) is 15.0. The van der Waals surface area contributed by atoms with Gasteiger partial charge in [0.15, 0.2) is 0 Å². The van der Waals surface area contributed by atoms with E-state index >= 15 is 0 Å². The van der Waals surface area contributed by atoms with E-state index in [4.69, 9.17) is 4.98 Å². The zero-order valence-electron chi connectivity index (χ0n) is 14.6. The Morgan fingerprint density at radius 2 is 2.20 bits per heavy atom. The quantitative estimate of drug-likeness (QED) is 0.800. The monoisotopic (exact) mass is 333 g/mol. The van der Waals surface area contributed by atoms with Gasteiger partial charge in [-0.3, -0.25) is 19.9 Å². The second kappa shape index (κ2) is 5.92. The van der Waals surface area contributed by atoms with Crippen molar-refractivity contribution in [3.63, 3.8) is 0 Å². The molecule has 3 aromatic heterocycles. The molecule has 5 nitrogen and oxygen atoms in total. The Hall–Kier alpha value is -2.27. The van der Waals surface area contributed by atoms with Crippen LogP contribution in [0, 0.1) is 6.92 Å². The summed E-state index contributed by atoms with van der Waals surface area (Å²) in [5, 5.41) is 1.40. The largest absolute Gasteiger partial charge is 0.357 e. The predicted molar refractivity (Wildman–Crippen MR) is 97.5 cm³/mol. The molecule has 1 fully saturated rings. The van der Waals surface area contributed by atoms with Crippen molar-refractivity contribution in [1.82, 2.24) is 24.8 Å². The van der Waals surface area contributed by atoms with Crippen LogP contribution < -0.4 is 0 Å². The minimum Gasteiger partial charge on any atom is -0.357 e. The summed E-state index contributed by atoms with van der Waals surface area (Å²) in [5.74, 6) is 0. The van der Waals surface area contributed by atoms with Crippen LogP contribution in [0.1, 0.15) is 47.2 Å². The minimum atomic E-state index is 0.604. The van der Waals surface area contributed by atoms with E-state index in [1.807, 2.05) is 6.20 Å². The summed E-state index contributed by atoms with van der Waals surface area (Å²) in [7, 11) is 0. The number of hydrogen-bond acceptors (Lipinski definition) is 4. The van der Waals surface area contributed by atoms with Crippen molar-refractivity contribution >= 4 is 10.9 Å². The number of nitrogens with zero attached hydrogens (tertiary/aromatic N) is 4. The molecule has 5 heterocycles. The number of hydrogen-bond donors (Lipinski definition) is 1. The van der Waals surface area contributed by atoms with E-state index in [1.54, 1.807) is 18.0 Å². The summed E-state index contributed by atoms with van der Waals surface area (Å²) in [5.41, 5.74) is 7.53. The van der Waals surface area contributed by atoms with Crippen LogP contribution >= 0.6 is 0 Å². The molecular weight excluding hydrogens is 310 g/mol. The molecule has 0 radical (unpaired) electrons. The maximum atomic E-state index is 4.85. The van der Waals surface area contributed by atoms with E-state index in [9.17, 15) is 0 Å². The number of aryl methyl sites for hydroxylation is 3. The van der Waals surface area contributed by atoms with Crippen molar-refractivity contribution in [2.75, 3.05) is 13.1 Å². The molecule has 0 aliphatic carbocycles. The van der Waals surface area contributed by atoms with Crippen molar-refractivity contribution in [3.05, 3.63) is 53.0 Å². The van der Waals surface area contributed by atoms with Crippen LogP contribution in [0.15, 0.2) is 24.7 Å². The second-order valence-corrected chi connectivity index (χ2v) is 7.29. The van der Waals surface area contributed by atoms with E-state index in [0.717, 1.165) is 30.7 Å². The summed E-state index contributed by atoms with van der Waals surface area (Å²) in [6.45, 7) is 4.55. The molecule has 1 atom stereocenters. The van der Waals surface area contributed by atoms with Crippen molar-refractivity contribution in [3.8, 4) is 0 Å². The molecule has 128 valence electrons. The van der Waals surface area contributed by atoms with Gasteiger partial charge >= 0.3 is 0 Å². The third-order valence-corrected chi connectivity index (χ3v) is 5.69. The molecule has 2 aliphatic heterocycles. The number of H-pyrrole nitrogens is 1. The fraction of sp³-hybridized carbons (Fsp3) is 0.450. The van der Waals surface area contributed by atoms with Crippen molar-refractivity contribution in [2.24, 2.45) is 0 Å². The lowest BCUT2D eigenvalue weighted by molar-refractivity contribution is 0.244. The van der Waals surface area contributed by atoms with Crippen LogP contribution in [0.5, 0.6) is 0 Å². The highest BCUT2D eigenvalue weighted by molar-refractivity contribution is 5.87. The SMILES string of the molecule is Cc1cc2c3c([nH]c2c(CCc2cnccn2)n1)CCN1CCCC31. The molecule has 25 heavy (non-hydrogen) atoms. The van der Waals surface area contributed by atoms with Gasteiger partial charge in [-0.2, -0.15) is 0 Å². The Bertz CT molecular complexity index is 915. The van der Waals surface area contributed by atoms with Crippen molar-refractivity contribution in [1.29, 1.82) is 0 Å². The third-order valence-electron chi connectivity index (χ3n) is 5.69. The van der Waals surface area contributed by atoms with Gasteiger partial charge < -0.3 is 4.98 Å². The van der Waals surface area contributed by atoms with E-state index in [1.165, 1.54) is 48.2 Å². The van der Waals surface area contributed by atoms with Gasteiger partial charge in [0.1, 0.15) is 0 Å². The van der Waals surface area contributed by atoms with E-state index < -0.39 is 0 Å². The topological polar surface area (TPSA) is 57.7 Å². The summed E-state index contributed by atoms with van der Waals surface area (Å²) in [6, 6.07) is 2.88. The fourth-order valence-electron chi connectivity index (χ4n) is 4.61. The Labute approximate surface area is 147 Å². The van der Waals surface area contributed by atoms with Gasteiger partial charge in [-0.25, -0.2) is 0 Å². The lowest BCUT2D eigenvalue weighted by Crippen LogP contribution is -2.30. The molecule has 0 amide bonds. The smallest absolute Gasteiger partial charge is 0.0679 e. The van der Waals surface area contributed by atoms with Gasteiger partial charge in [0.25, 0.3) is 0 Å². The van der Waals surface area contributed by atoms with Gasteiger partial charge in [0, 0.05) is 54.4 Å². The molecule has 0 bridgehead atoms. The standard InChI is InChI=1S/C20H23N5/c1-13-11-15-19-16(6-10-25-9-2-3-18(19)25)24-20(15)17(23-13)5-4-14-12-21-7-8-22-14/h7-8,11-12,18,24H,2-6,9-10H2,1H3. The summed E-state index contributed by atoms with van der Waals surface area (Å²) < 4.78 is 0. The van der Waals surface area contributed by atoms with Crippen LogP contribution in [0.3, 0.4) is 0 Å². The number of fused-ring (bicyclic) bond motifs is 5. The van der Waals surface area contributed by atoms with E-state index in [2.05, 4.69) is 32.8 Å². The maximum absolute atomic E-state index is 4.85. The second-order valence-electron chi connectivity index (χ2n) is 7.29. The first-order chi connectivity index (χ1) is 12.3. The average Bonchev–Trinajstić information content (AvgIpc) is 3.24. The molecule has 0 spiro atoms. The zero-order valence-corrected chi connectivity index (χ0v) is 14.6. The molecule has 1 saturated heterocycles. The van der Waals surface area contributed by atoms with Gasteiger partial charge in [0.05, 0.1) is 16.9 Å². The number of pyridine rings is 1. The van der Waals surface area contributed by atoms with E-state index in [0.29, 0.717) is 6.04 Å². The van der Waals surface area contributed by atoms with Gasteiger partial charge in [-0.05, 0) is 50.8 Å². The average molecular weight is 333 g/mol. The fourth-order valence-corrected chi connectivity index (χ4v) is 4.61. The first-order valence-electron chi connectivity index (χ1n) is 9.29. The molecule has 1 N–H and O–H groups in total. The van der Waals surface area contributed by atoms with Crippen LogP contribution in [-0.4, -0.2) is 37.9 Å². The molecular formula is C20H23N5. The van der Waals surface area contributed by atoms with Crippen LogP contribution in [0.2, 0.25) is 0 Å². The Kier molecular flexibility index (Phi) is 3.55. The zero-order chi connectivity index (χ0) is 16.8. The Balaban J connectivity index is 1.56. The summed E-state index contributed by atoms with van der Waals surface area (Å²) >= 11 is 0. The summed E-state index contributed by atoms with van der Waals surface area (Å²) in [6.07, 6.45) is 10.8. The van der Waals surface area contributed by atoms with E-state index in [-0.39, 0.29) is 0 Å². The van der Waals surface area contributed by atoms with Gasteiger partial charge in [0.2, 0.25) is 0 Å². The number of aromatic nitrogens is 4. The third kappa shape index (κ3) is 2.54. The molecule has 2 aliphatic rings. The number of aromatic amines is 1. The van der Waals surface area contributed by atoms with Crippen molar-refractivity contribution < 1.29 is 0 Å². The first-order valence-corrected chi connectivity index (χ1v) is 9.29. The lowest BCUT2D eigenvalue weighted by Gasteiger charge is -2.29. The number of nitrogens with one attached hydrogen (secondary N) is 1. The Morgan fingerprint density at radius 3 is 3.08 bits per heavy atom. The normalized spacial score (nSPS) is 20.0. The number of rotatable bonds is 3.